The summed E-state index contributed by atoms with van der Waals surface area (Å²) < 4.78 is 32.5. The van der Waals surface area contributed by atoms with Crippen LogP contribution in [0.15, 0.2) is 15.5 Å². The second-order valence-corrected chi connectivity index (χ2v) is 4.65. The van der Waals surface area contributed by atoms with Gasteiger partial charge in [-0.15, -0.1) is 0 Å². The smallest absolute Gasteiger partial charge is 0.235 e. The normalized spacial score (nSPS) is 16.2. The molecule has 0 amide bonds. The number of hydrogen-bond donors (Lipinski definition) is 0. The number of benzene rings is 1. The van der Waals surface area contributed by atoms with E-state index < -0.39 is 17.2 Å². The Morgan fingerprint density at radius 2 is 2.18 bits per heavy atom. The zero-order valence-electron chi connectivity index (χ0n) is 8.89. The van der Waals surface area contributed by atoms with Gasteiger partial charge in [0.15, 0.2) is 11.6 Å². The molecule has 0 saturated heterocycles. The lowest BCUT2D eigenvalue weighted by Gasteiger charge is -2.16. The van der Waals surface area contributed by atoms with E-state index in [4.69, 9.17) is 4.74 Å². The molecule has 1 aliphatic carbocycles. The van der Waals surface area contributed by atoms with Crippen molar-refractivity contribution in [1.29, 1.82) is 0 Å². The summed E-state index contributed by atoms with van der Waals surface area (Å²) in [5.74, 6) is -1.55. The van der Waals surface area contributed by atoms with Gasteiger partial charge in [0.2, 0.25) is 6.08 Å². The SMILES string of the molecule is COc1c(F)cc(Br)c(F)c1C1(N=C=O)CC1. The van der Waals surface area contributed by atoms with Crippen LogP contribution in [0.1, 0.15) is 18.4 Å². The largest absolute Gasteiger partial charge is 0.493 e. The second-order valence-electron chi connectivity index (χ2n) is 3.80. The van der Waals surface area contributed by atoms with Crippen LogP contribution < -0.4 is 4.74 Å². The molecule has 1 aromatic carbocycles. The molecule has 0 atom stereocenters. The molecular weight excluding hydrogens is 296 g/mol. The van der Waals surface area contributed by atoms with Gasteiger partial charge in [0.25, 0.3) is 0 Å². The van der Waals surface area contributed by atoms with Crippen molar-refractivity contribution >= 4 is 22.0 Å². The molecule has 3 nitrogen and oxygen atoms in total. The van der Waals surface area contributed by atoms with Crippen molar-refractivity contribution in [2.24, 2.45) is 4.99 Å². The highest BCUT2D eigenvalue weighted by molar-refractivity contribution is 9.10. The van der Waals surface area contributed by atoms with Crippen LogP contribution in [0.5, 0.6) is 5.75 Å². The highest BCUT2D eigenvalue weighted by atomic mass is 79.9. The maximum Gasteiger partial charge on any atom is 0.235 e. The number of rotatable bonds is 3. The molecule has 1 aromatic rings. The predicted molar refractivity (Wildman–Crippen MR) is 59.6 cm³/mol. The number of methoxy groups -OCH3 is 1. The number of carbonyl (C=O) groups excluding carboxylic acids is 1. The minimum Gasteiger partial charge on any atom is -0.493 e. The van der Waals surface area contributed by atoms with Crippen LogP contribution in [0.3, 0.4) is 0 Å². The summed E-state index contributed by atoms with van der Waals surface area (Å²) in [7, 11) is 1.25. The quantitative estimate of drug-likeness (QED) is 0.489. The van der Waals surface area contributed by atoms with E-state index in [2.05, 4.69) is 20.9 Å². The monoisotopic (exact) mass is 303 g/mol. The van der Waals surface area contributed by atoms with Gasteiger partial charge in [-0.3, -0.25) is 0 Å². The highest BCUT2D eigenvalue weighted by Crippen LogP contribution is 2.54. The highest BCUT2D eigenvalue weighted by Gasteiger charge is 2.50. The van der Waals surface area contributed by atoms with Gasteiger partial charge < -0.3 is 4.74 Å². The van der Waals surface area contributed by atoms with Gasteiger partial charge in [0.1, 0.15) is 11.4 Å². The topological polar surface area (TPSA) is 38.7 Å². The minimum absolute atomic E-state index is 0.0156. The Kier molecular flexibility index (Phi) is 3.02. The Balaban J connectivity index is 2.71. The first-order valence-electron chi connectivity index (χ1n) is 4.87. The number of halogens is 3. The first-order chi connectivity index (χ1) is 8.05. The van der Waals surface area contributed by atoms with Gasteiger partial charge in [-0.2, -0.15) is 4.99 Å². The molecule has 0 spiro atoms. The van der Waals surface area contributed by atoms with E-state index in [1.54, 1.807) is 0 Å². The van der Waals surface area contributed by atoms with Crippen LogP contribution in [0, 0.1) is 11.6 Å². The number of isocyanates is 1. The fraction of sp³-hybridized carbons (Fsp3) is 0.364. The van der Waals surface area contributed by atoms with Crippen LogP contribution in [0.2, 0.25) is 0 Å². The molecule has 0 aliphatic heterocycles. The van der Waals surface area contributed by atoms with Gasteiger partial charge in [0, 0.05) is 0 Å². The maximum atomic E-state index is 14.0. The Morgan fingerprint density at radius 1 is 1.53 bits per heavy atom. The van der Waals surface area contributed by atoms with Crippen molar-refractivity contribution in [3.05, 3.63) is 27.7 Å². The van der Waals surface area contributed by atoms with Crippen molar-refractivity contribution in [2.75, 3.05) is 7.11 Å². The van der Waals surface area contributed by atoms with Gasteiger partial charge >= 0.3 is 0 Å². The molecule has 90 valence electrons. The van der Waals surface area contributed by atoms with Gasteiger partial charge in [-0.05, 0) is 34.8 Å². The fourth-order valence-corrected chi connectivity index (χ4v) is 2.22. The first-order valence-corrected chi connectivity index (χ1v) is 5.66. The third-order valence-electron chi connectivity index (χ3n) is 2.78. The molecule has 0 heterocycles. The molecule has 17 heavy (non-hydrogen) atoms. The summed E-state index contributed by atoms with van der Waals surface area (Å²) in [5.41, 5.74) is -1.03. The standard InChI is InChI=1S/C11H8BrF2NO2/c1-17-10-7(13)4-6(12)9(14)8(10)11(2-3-11)15-5-16/h4H,2-3H2,1H3. The molecule has 0 bridgehead atoms. The van der Waals surface area contributed by atoms with Crippen molar-refractivity contribution in [1.82, 2.24) is 0 Å². The van der Waals surface area contributed by atoms with E-state index in [-0.39, 0.29) is 15.8 Å². The average molecular weight is 304 g/mol. The first kappa shape index (κ1) is 12.2. The third kappa shape index (κ3) is 1.87. The lowest BCUT2D eigenvalue weighted by molar-refractivity contribution is 0.369. The summed E-state index contributed by atoms with van der Waals surface area (Å²) in [5, 5.41) is 0. The summed E-state index contributed by atoms with van der Waals surface area (Å²) in [6.45, 7) is 0. The van der Waals surface area contributed by atoms with Gasteiger partial charge in [-0.1, -0.05) is 0 Å². The molecule has 0 aromatic heterocycles. The number of ether oxygens (including phenoxy) is 1. The molecule has 1 saturated carbocycles. The molecule has 2 rings (SSSR count). The maximum absolute atomic E-state index is 14.0. The molecular formula is C11H8BrF2NO2. The van der Waals surface area contributed by atoms with E-state index >= 15 is 0 Å². The Labute approximate surface area is 105 Å². The van der Waals surface area contributed by atoms with Crippen LogP contribution in [0.25, 0.3) is 0 Å². The lowest BCUT2D eigenvalue weighted by atomic mass is 10.0. The van der Waals surface area contributed by atoms with Crippen molar-refractivity contribution < 1.29 is 18.3 Å². The van der Waals surface area contributed by atoms with Crippen LogP contribution in [0.4, 0.5) is 8.78 Å². The number of aliphatic imine (C=N–C) groups is 1. The summed E-state index contributed by atoms with van der Waals surface area (Å²) in [6.07, 6.45) is 2.36. The molecule has 1 fully saturated rings. The van der Waals surface area contributed by atoms with Crippen LogP contribution >= 0.6 is 15.9 Å². The summed E-state index contributed by atoms with van der Waals surface area (Å²) in [4.78, 5) is 13.9. The molecule has 6 heteroatoms. The van der Waals surface area contributed by atoms with E-state index in [1.807, 2.05) is 0 Å². The van der Waals surface area contributed by atoms with Gasteiger partial charge in [-0.25, -0.2) is 13.6 Å². The lowest BCUT2D eigenvalue weighted by Crippen LogP contribution is -2.10. The Bertz CT molecular complexity index is 523. The number of nitrogens with zero attached hydrogens (tertiary/aromatic N) is 1. The van der Waals surface area contributed by atoms with E-state index in [0.29, 0.717) is 12.8 Å². The molecule has 0 unspecified atom stereocenters. The van der Waals surface area contributed by atoms with Crippen molar-refractivity contribution in [2.45, 2.75) is 18.4 Å². The zero-order chi connectivity index (χ0) is 12.6. The van der Waals surface area contributed by atoms with Crippen LogP contribution in [-0.4, -0.2) is 13.2 Å². The number of hydrogen-bond acceptors (Lipinski definition) is 3. The minimum atomic E-state index is -1.01. The van der Waals surface area contributed by atoms with E-state index in [0.717, 1.165) is 6.07 Å². The van der Waals surface area contributed by atoms with Crippen molar-refractivity contribution in [3.63, 3.8) is 0 Å². The molecule has 0 N–H and O–H groups in total. The van der Waals surface area contributed by atoms with Crippen LogP contribution in [-0.2, 0) is 10.3 Å². The predicted octanol–water partition coefficient (Wildman–Crippen LogP) is 3.06. The zero-order valence-corrected chi connectivity index (χ0v) is 10.5. The second kappa shape index (κ2) is 4.20. The van der Waals surface area contributed by atoms with Gasteiger partial charge in [0.05, 0.1) is 17.1 Å². The Morgan fingerprint density at radius 3 is 2.65 bits per heavy atom. The summed E-state index contributed by atoms with van der Waals surface area (Å²) >= 11 is 2.92. The Hall–Kier alpha value is -1.26. The third-order valence-corrected chi connectivity index (χ3v) is 3.36. The van der Waals surface area contributed by atoms with E-state index in [9.17, 15) is 13.6 Å². The van der Waals surface area contributed by atoms with Crippen molar-refractivity contribution in [3.8, 4) is 5.75 Å². The fourth-order valence-electron chi connectivity index (χ4n) is 1.82. The molecule has 0 radical (unpaired) electrons. The summed E-state index contributed by atoms with van der Waals surface area (Å²) in [6, 6.07) is 0.984. The van der Waals surface area contributed by atoms with E-state index in [1.165, 1.54) is 13.2 Å². The average Bonchev–Trinajstić information content (AvgIpc) is 3.04. The molecule has 1 aliphatic rings.